The number of benzene rings is 5. The molecule has 0 saturated carbocycles. The first-order chi connectivity index (χ1) is 21.0. The number of para-hydroxylation sites is 2. The fourth-order valence-electron chi connectivity index (χ4n) is 7.02. The smallest absolute Gasteiger partial charge is 0.200 e. The van der Waals surface area contributed by atoms with Gasteiger partial charge in [-0.15, -0.1) is 0 Å². The van der Waals surface area contributed by atoms with Crippen molar-refractivity contribution in [1.82, 2.24) is 9.55 Å². The van der Waals surface area contributed by atoms with E-state index in [-0.39, 0.29) is 10.8 Å². The first-order valence-electron chi connectivity index (χ1n) is 14.6. The molecule has 0 spiro atoms. The van der Waals surface area contributed by atoms with E-state index < -0.39 is 0 Å². The number of hydrogen-bond acceptors (Lipinski definition) is 3. The molecule has 3 aromatic heterocycles. The fourth-order valence-corrected chi connectivity index (χ4v) is 7.02. The number of nitrogens with zero attached hydrogens (tertiary/aromatic N) is 2. The first-order valence-corrected chi connectivity index (χ1v) is 14.6. The molecular formula is C39H26N2O2. The van der Waals surface area contributed by atoms with Crippen molar-refractivity contribution in [2.75, 3.05) is 0 Å². The van der Waals surface area contributed by atoms with Crippen molar-refractivity contribution < 1.29 is 4.42 Å². The van der Waals surface area contributed by atoms with Crippen molar-refractivity contribution in [3.63, 3.8) is 0 Å². The monoisotopic (exact) mass is 554 g/mol. The van der Waals surface area contributed by atoms with Gasteiger partial charge in [-0.1, -0.05) is 86.6 Å². The molecule has 43 heavy (non-hydrogen) atoms. The second kappa shape index (κ2) is 8.52. The van der Waals surface area contributed by atoms with E-state index in [4.69, 9.17) is 9.40 Å². The van der Waals surface area contributed by atoms with Crippen LogP contribution in [0.3, 0.4) is 0 Å². The topological polar surface area (TPSA) is 48.0 Å². The largest absolute Gasteiger partial charge is 0.456 e. The predicted octanol–water partition coefficient (Wildman–Crippen LogP) is 9.41. The van der Waals surface area contributed by atoms with Crippen molar-refractivity contribution in [3.8, 4) is 27.9 Å². The molecular weight excluding hydrogens is 528 g/mol. The zero-order valence-electron chi connectivity index (χ0n) is 23.8. The van der Waals surface area contributed by atoms with Crippen molar-refractivity contribution in [2.24, 2.45) is 0 Å². The molecule has 4 heteroatoms. The van der Waals surface area contributed by atoms with Gasteiger partial charge in [0.2, 0.25) is 5.43 Å². The Morgan fingerprint density at radius 1 is 0.628 bits per heavy atom. The number of rotatable bonds is 2. The summed E-state index contributed by atoms with van der Waals surface area (Å²) in [6.45, 7) is 4.54. The lowest BCUT2D eigenvalue weighted by Crippen LogP contribution is -2.17. The van der Waals surface area contributed by atoms with Gasteiger partial charge in [-0.25, -0.2) is 4.98 Å². The molecule has 3 heterocycles. The lowest BCUT2D eigenvalue weighted by atomic mass is 9.85. The summed E-state index contributed by atoms with van der Waals surface area (Å²) >= 11 is 0. The molecule has 5 aromatic carbocycles. The summed E-state index contributed by atoms with van der Waals surface area (Å²) in [7, 11) is 0. The van der Waals surface area contributed by atoms with Crippen LogP contribution in [0.5, 0.6) is 0 Å². The van der Waals surface area contributed by atoms with Crippen molar-refractivity contribution in [3.05, 3.63) is 143 Å². The Hall–Kier alpha value is -5.48. The molecule has 9 rings (SSSR count). The summed E-state index contributed by atoms with van der Waals surface area (Å²) in [6.07, 6.45) is 0. The highest BCUT2D eigenvalue weighted by molar-refractivity contribution is 6.10. The van der Waals surface area contributed by atoms with Gasteiger partial charge in [-0.05, 0) is 70.8 Å². The number of fused-ring (bicyclic) bond motifs is 8. The number of aromatic nitrogens is 2. The Bertz CT molecular complexity index is 2510. The van der Waals surface area contributed by atoms with E-state index in [1.807, 2.05) is 42.5 Å². The Kier molecular flexibility index (Phi) is 4.79. The third-order valence-electron chi connectivity index (χ3n) is 9.15. The van der Waals surface area contributed by atoms with Crippen molar-refractivity contribution in [1.29, 1.82) is 0 Å². The van der Waals surface area contributed by atoms with Crippen LogP contribution in [-0.2, 0) is 5.41 Å². The molecule has 4 nitrogen and oxygen atoms in total. The minimum absolute atomic E-state index is 0.00823. The molecule has 0 unspecified atom stereocenters. The van der Waals surface area contributed by atoms with Gasteiger partial charge < -0.3 is 4.42 Å². The maximum Gasteiger partial charge on any atom is 0.200 e. The quantitative estimate of drug-likeness (QED) is 0.200. The third kappa shape index (κ3) is 3.32. The number of hydrogen-bond donors (Lipinski definition) is 0. The lowest BCUT2D eigenvalue weighted by Gasteiger charge is -2.20. The van der Waals surface area contributed by atoms with Crippen LogP contribution in [0.25, 0.3) is 71.8 Å². The van der Waals surface area contributed by atoms with Gasteiger partial charge in [0, 0.05) is 27.4 Å². The summed E-state index contributed by atoms with van der Waals surface area (Å²) < 4.78 is 8.46. The van der Waals surface area contributed by atoms with Crippen LogP contribution in [0.2, 0.25) is 0 Å². The van der Waals surface area contributed by atoms with Gasteiger partial charge >= 0.3 is 0 Å². The first kappa shape index (κ1) is 24.2. The van der Waals surface area contributed by atoms with Crippen LogP contribution in [0.4, 0.5) is 0 Å². The molecule has 1 aliphatic carbocycles. The zero-order valence-corrected chi connectivity index (χ0v) is 23.8. The molecule has 0 fully saturated rings. The second-order valence-electron chi connectivity index (χ2n) is 12.0. The van der Waals surface area contributed by atoms with Gasteiger partial charge in [0.15, 0.2) is 0 Å². The van der Waals surface area contributed by atoms with E-state index in [9.17, 15) is 4.79 Å². The summed E-state index contributed by atoms with van der Waals surface area (Å²) in [4.78, 5) is 18.6. The van der Waals surface area contributed by atoms with Crippen LogP contribution < -0.4 is 5.43 Å². The van der Waals surface area contributed by atoms with Gasteiger partial charge in [-0.2, -0.15) is 0 Å². The molecule has 0 amide bonds. The predicted molar refractivity (Wildman–Crippen MR) is 175 cm³/mol. The standard InChI is InChI=1S/C39H26N2O2/c1-39(2)32-15-6-3-12-26(32)30-22-31-27-13-4-7-16-33(27)41(38(31)40-37(30)39)25-11-9-10-23(20-25)24-18-19-29-35(21-24)43-34-17-8-5-14-28(34)36(29)42/h3-22H,1-2H3. The molecule has 0 atom stereocenters. The lowest BCUT2D eigenvalue weighted by molar-refractivity contribution is 0.639. The molecule has 0 saturated heterocycles. The van der Waals surface area contributed by atoms with Crippen LogP contribution in [0.15, 0.2) is 131 Å². The van der Waals surface area contributed by atoms with E-state index in [1.54, 1.807) is 0 Å². The maximum atomic E-state index is 13.1. The Morgan fingerprint density at radius 3 is 2.28 bits per heavy atom. The van der Waals surface area contributed by atoms with Gasteiger partial charge in [0.05, 0.1) is 22.0 Å². The van der Waals surface area contributed by atoms with E-state index in [0.29, 0.717) is 21.9 Å². The molecule has 1 aliphatic rings. The summed E-state index contributed by atoms with van der Waals surface area (Å²) in [5.41, 5.74) is 11.0. The van der Waals surface area contributed by atoms with Crippen LogP contribution in [0.1, 0.15) is 25.1 Å². The highest BCUT2D eigenvalue weighted by atomic mass is 16.3. The minimum Gasteiger partial charge on any atom is -0.456 e. The second-order valence-corrected chi connectivity index (χ2v) is 12.0. The molecule has 0 N–H and O–H groups in total. The molecule has 204 valence electrons. The van der Waals surface area contributed by atoms with Crippen molar-refractivity contribution >= 4 is 43.9 Å². The highest BCUT2D eigenvalue weighted by Gasteiger charge is 2.37. The van der Waals surface area contributed by atoms with E-state index in [1.165, 1.54) is 22.1 Å². The molecule has 0 radical (unpaired) electrons. The van der Waals surface area contributed by atoms with Gasteiger partial charge in [-0.3, -0.25) is 9.36 Å². The summed E-state index contributed by atoms with van der Waals surface area (Å²) in [5.74, 6) is 0. The molecule has 0 aliphatic heterocycles. The molecule has 8 aromatic rings. The summed E-state index contributed by atoms with van der Waals surface area (Å²) in [6, 6.07) is 41.3. The highest BCUT2D eigenvalue weighted by Crippen LogP contribution is 2.49. The maximum absolute atomic E-state index is 13.1. The van der Waals surface area contributed by atoms with Crippen LogP contribution >= 0.6 is 0 Å². The zero-order chi connectivity index (χ0) is 28.9. The third-order valence-corrected chi connectivity index (χ3v) is 9.15. The van der Waals surface area contributed by atoms with Crippen LogP contribution in [0, 0.1) is 0 Å². The average Bonchev–Trinajstić information content (AvgIpc) is 3.48. The Labute approximate surface area is 247 Å². The van der Waals surface area contributed by atoms with Gasteiger partial charge in [0.25, 0.3) is 0 Å². The van der Waals surface area contributed by atoms with E-state index >= 15 is 0 Å². The van der Waals surface area contributed by atoms with Crippen LogP contribution in [-0.4, -0.2) is 9.55 Å². The SMILES string of the molecule is CC1(C)c2ccccc2-c2cc3c4ccccc4n(-c4cccc(-c5ccc6c(=O)c7ccccc7oc6c5)c4)c3nc21. The van der Waals surface area contributed by atoms with E-state index in [2.05, 4.69) is 97.3 Å². The van der Waals surface area contributed by atoms with Gasteiger partial charge in [0.1, 0.15) is 16.8 Å². The number of pyridine rings is 1. The Balaban J connectivity index is 1.26. The fraction of sp³-hybridized carbons (Fsp3) is 0.0769. The van der Waals surface area contributed by atoms with E-state index in [0.717, 1.165) is 39.1 Å². The van der Waals surface area contributed by atoms with Crippen molar-refractivity contribution in [2.45, 2.75) is 19.3 Å². The Morgan fingerprint density at radius 2 is 1.37 bits per heavy atom. The molecule has 0 bridgehead atoms. The summed E-state index contributed by atoms with van der Waals surface area (Å²) in [5, 5.41) is 3.51. The minimum atomic E-state index is -0.192. The average molecular weight is 555 g/mol. The normalized spacial score (nSPS) is 13.6.